The lowest BCUT2D eigenvalue weighted by Crippen LogP contribution is -2.29. The maximum absolute atomic E-state index is 12.1. The monoisotopic (exact) mass is 339 g/mol. The number of hydrogen-bond acceptors (Lipinski definition) is 3. The van der Waals surface area contributed by atoms with E-state index in [2.05, 4.69) is 11.4 Å². The topological polar surface area (TPSA) is 75.6 Å². The number of carbonyl (C=O) groups is 2. The quantitative estimate of drug-likeness (QED) is 0.870. The van der Waals surface area contributed by atoms with Crippen molar-refractivity contribution in [2.45, 2.75) is 26.7 Å². The minimum absolute atomic E-state index is 0.0806. The molecule has 5 heteroatoms. The Morgan fingerprint density at radius 3 is 2.68 bits per heavy atom. The lowest BCUT2D eigenvalue weighted by atomic mass is 9.89. The average molecular weight is 339 g/mol. The number of rotatable bonds is 5. The Hall–Kier alpha value is -2.82. The summed E-state index contributed by atoms with van der Waals surface area (Å²) in [5.74, 6) is -0.368. The Morgan fingerprint density at radius 1 is 1.16 bits per heavy atom. The number of hydrogen-bond donors (Lipinski definition) is 2. The molecule has 2 aromatic carbocycles. The molecule has 2 N–H and O–H groups in total. The van der Waals surface area contributed by atoms with E-state index < -0.39 is 11.4 Å². The highest BCUT2D eigenvalue weighted by molar-refractivity contribution is 5.94. The van der Waals surface area contributed by atoms with Crippen LogP contribution in [0.1, 0.15) is 25.8 Å². The fourth-order valence-corrected chi connectivity index (χ4v) is 2.82. The van der Waals surface area contributed by atoms with Crippen molar-refractivity contribution in [2.75, 3.05) is 11.9 Å². The molecule has 0 saturated heterocycles. The molecule has 0 unspecified atom stereocenters. The summed E-state index contributed by atoms with van der Waals surface area (Å²) in [6, 6.07) is 13.6. The van der Waals surface area contributed by atoms with Crippen molar-refractivity contribution in [3.63, 3.8) is 0 Å². The molecule has 1 aliphatic heterocycles. The van der Waals surface area contributed by atoms with Crippen molar-refractivity contribution in [1.82, 2.24) is 0 Å². The Labute approximate surface area is 146 Å². The van der Waals surface area contributed by atoms with Crippen LogP contribution in [0, 0.1) is 5.41 Å². The third-order valence-electron chi connectivity index (χ3n) is 4.35. The highest BCUT2D eigenvalue weighted by Gasteiger charge is 2.30. The van der Waals surface area contributed by atoms with Gasteiger partial charge >= 0.3 is 5.97 Å². The van der Waals surface area contributed by atoms with Crippen LogP contribution in [-0.4, -0.2) is 23.6 Å². The summed E-state index contributed by atoms with van der Waals surface area (Å²) in [5, 5.41) is 11.9. The summed E-state index contributed by atoms with van der Waals surface area (Å²) in [7, 11) is 0. The van der Waals surface area contributed by atoms with Gasteiger partial charge in [0.05, 0.1) is 12.0 Å². The summed E-state index contributed by atoms with van der Waals surface area (Å²) in [5.41, 5.74) is 2.80. The van der Waals surface area contributed by atoms with Gasteiger partial charge in [-0.15, -0.1) is 0 Å². The van der Waals surface area contributed by atoms with Crippen LogP contribution in [0.5, 0.6) is 5.75 Å². The third-order valence-corrected chi connectivity index (χ3v) is 4.35. The molecule has 0 aliphatic carbocycles. The number of carbonyl (C=O) groups excluding carboxylic acids is 1. The molecule has 0 fully saturated rings. The summed E-state index contributed by atoms with van der Waals surface area (Å²) in [6.07, 6.45) is 0.826. The lowest BCUT2D eigenvalue weighted by Gasteiger charge is -2.18. The van der Waals surface area contributed by atoms with Gasteiger partial charge in [0.1, 0.15) is 5.75 Å². The number of aliphatic carboxylic acids is 1. The Kier molecular flexibility index (Phi) is 4.49. The lowest BCUT2D eigenvalue weighted by molar-refractivity contribution is -0.148. The van der Waals surface area contributed by atoms with E-state index in [1.165, 1.54) is 19.4 Å². The number of amides is 1. The zero-order valence-electron chi connectivity index (χ0n) is 14.3. The van der Waals surface area contributed by atoms with Crippen molar-refractivity contribution in [1.29, 1.82) is 0 Å². The van der Waals surface area contributed by atoms with Gasteiger partial charge in [0.2, 0.25) is 5.91 Å². The van der Waals surface area contributed by atoms with E-state index in [1.807, 2.05) is 30.3 Å². The van der Waals surface area contributed by atoms with Crippen molar-refractivity contribution < 1.29 is 19.4 Å². The zero-order chi connectivity index (χ0) is 18.0. The maximum atomic E-state index is 12.1. The molecule has 1 amide bonds. The number of fused-ring (bicyclic) bond motifs is 1. The first kappa shape index (κ1) is 17.0. The molecule has 2 aromatic rings. The molecule has 0 radical (unpaired) electrons. The van der Waals surface area contributed by atoms with Gasteiger partial charge in [-0.2, -0.15) is 0 Å². The van der Waals surface area contributed by atoms with E-state index in [4.69, 9.17) is 9.84 Å². The van der Waals surface area contributed by atoms with E-state index in [0.29, 0.717) is 12.3 Å². The molecular weight excluding hydrogens is 318 g/mol. The summed E-state index contributed by atoms with van der Waals surface area (Å²) >= 11 is 0. The summed E-state index contributed by atoms with van der Waals surface area (Å²) in [4.78, 5) is 23.3. The van der Waals surface area contributed by atoms with Crippen LogP contribution in [0.3, 0.4) is 0 Å². The molecule has 0 spiro atoms. The fraction of sp³-hybridized carbons (Fsp3) is 0.300. The number of carboxylic acid groups (broad SMARTS) is 1. The van der Waals surface area contributed by atoms with Gasteiger partial charge in [-0.25, -0.2) is 0 Å². The van der Waals surface area contributed by atoms with Gasteiger partial charge in [-0.3, -0.25) is 9.59 Å². The number of anilines is 1. The maximum Gasteiger partial charge on any atom is 0.309 e. The molecule has 0 aromatic heterocycles. The second-order valence-electron chi connectivity index (χ2n) is 6.92. The molecule has 0 saturated carbocycles. The average Bonchev–Trinajstić information content (AvgIpc) is 3.01. The van der Waals surface area contributed by atoms with Crippen LogP contribution in [0.15, 0.2) is 42.5 Å². The SMILES string of the molecule is CC(C)(CC(=O)Nc1cccc(-c2ccc3c(c2)CCO3)c1)C(=O)O. The summed E-state index contributed by atoms with van der Waals surface area (Å²) < 4.78 is 5.53. The fourth-order valence-electron chi connectivity index (χ4n) is 2.82. The van der Waals surface area contributed by atoms with E-state index in [-0.39, 0.29) is 12.3 Å². The highest BCUT2D eigenvalue weighted by Crippen LogP contribution is 2.31. The normalized spacial score (nSPS) is 13.0. The molecule has 25 heavy (non-hydrogen) atoms. The van der Waals surface area contributed by atoms with Gasteiger partial charge < -0.3 is 15.2 Å². The third kappa shape index (κ3) is 3.82. The predicted octanol–water partition coefficient (Wildman–Crippen LogP) is 3.73. The smallest absolute Gasteiger partial charge is 0.309 e. The van der Waals surface area contributed by atoms with Crippen molar-refractivity contribution >= 4 is 17.6 Å². The molecule has 0 atom stereocenters. The Morgan fingerprint density at radius 2 is 1.92 bits per heavy atom. The van der Waals surface area contributed by atoms with Crippen molar-refractivity contribution in [2.24, 2.45) is 5.41 Å². The zero-order valence-corrected chi connectivity index (χ0v) is 14.3. The molecule has 0 bridgehead atoms. The van der Waals surface area contributed by atoms with Gasteiger partial charge in [0.25, 0.3) is 0 Å². The first-order valence-electron chi connectivity index (χ1n) is 8.24. The van der Waals surface area contributed by atoms with Gasteiger partial charge in [0, 0.05) is 18.5 Å². The van der Waals surface area contributed by atoms with E-state index in [0.717, 1.165) is 23.3 Å². The van der Waals surface area contributed by atoms with E-state index >= 15 is 0 Å². The van der Waals surface area contributed by atoms with Crippen molar-refractivity contribution in [3.05, 3.63) is 48.0 Å². The van der Waals surface area contributed by atoms with Crippen LogP contribution in [0.2, 0.25) is 0 Å². The van der Waals surface area contributed by atoms with Gasteiger partial charge in [-0.1, -0.05) is 18.2 Å². The molecule has 1 heterocycles. The number of benzene rings is 2. The number of carboxylic acids is 1. The van der Waals surface area contributed by atoms with E-state index in [9.17, 15) is 9.59 Å². The van der Waals surface area contributed by atoms with Gasteiger partial charge in [0.15, 0.2) is 0 Å². The number of ether oxygens (including phenoxy) is 1. The number of nitrogens with one attached hydrogen (secondary N) is 1. The minimum atomic E-state index is -1.10. The largest absolute Gasteiger partial charge is 0.493 e. The van der Waals surface area contributed by atoms with E-state index in [1.54, 1.807) is 6.07 Å². The first-order chi connectivity index (χ1) is 11.8. The van der Waals surface area contributed by atoms with Crippen LogP contribution < -0.4 is 10.1 Å². The summed E-state index contributed by atoms with van der Waals surface area (Å²) in [6.45, 7) is 3.80. The Balaban J connectivity index is 1.76. The minimum Gasteiger partial charge on any atom is -0.493 e. The Bertz CT molecular complexity index is 826. The van der Waals surface area contributed by atoms with Crippen molar-refractivity contribution in [3.8, 4) is 16.9 Å². The molecule has 5 nitrogen and oxygen atoms in total. The predicted molar refractivity (Wildman–Crippen MR) is 95.7 cm³/mol. The standard InChI is InChI=1S/C20H21NO4/c1-20(2,19(23)24)12-18(22)21-16-5-3-4-13(11-16)14-6-7-17-15(10-14)8-9-25-17/h3-7,10-11H,8-9,12H2,1-2H3,(H,21,22)(H,23,24). The highest BCUT2D eigenvalue weighted by atomic mass is 16.5. The first-order valence-corrected chi connectivity index (χ1v) is 8.24. The van der Waals surface area contributed by atoms with Crippen LogP contribution in [0.4, 0.5) is 5.69 Å². The van der Waals surface area contributed by atoms with Crippen LogP contribution in [0.25, 0.3) is 11.1 Å². The molecule has 1 aliphatic rings. The second kappa shape index (κ2) is 6.59. The van der Waals surface area contributed by atoms with Crippen LogP contribution in [-0.2, 0) is 16.0 Å². The molecular formula is C20H21NO4. The van der Waals surface area contributed by atoms with Crippen LogP contribution >= 0.6 is 0 Å². The molecule has 130 valence electrons. The van der Waals surface area contributed by atoms with Gasteiger partial charge in [-0.05, 0) is 54.8 Å². The molecule has 3 rings (SSSR count). The second-order valence-corrected chi connectivity index (χ2v) is 6.92.